The average Bonchev–Trinajstić information content (AvgIpc) is 2.95. The average molecular weight is 510 g/mol. The van der Waals surface area contributed by atoms with E-state index in [0.29, 0.717) is 0 Å². The Balaban J connectivity index is 0.00000364. The minimum absolute atomic E-state index is 0. The highest BCUT2D eigenvalue weighted by Crippen LogP contribution is 2.35. The molecule has 1 aliphatic rings. The molecule has 0 aliphatic carbocycles. The molecule has 2 N–H and O–H groups in total. The second-order valence-electron chi connectivity index (χ2n) is 6.85. The molecular weight excluding hydrogens is 473 g/mol. The normalized spacial score (nSPS) is 16.7. The summed E-state index contributed by atoms with van der Waals surface area (Å²) in [6, 6.07) is 2.12. The number of aromatic nitrogens is 2. The number of hydrogen-bond acceptors (Lipinski definition) is 4. The van der Waals surface area contributed by atoms with Gasteiger partial charge in [-0.1, -0.05) is 6.92 Å². The molecule has 1 aromatic heterocycles. The third-order valence-corrected chi connectivity index (χ3v) is 6.10. The summed E-state index contributed by atoms with van der Waals surface area (Å²) < 4.78 is 7.87. The van der Waals surface area contributed by atoms with Crippen molar-refractivity contribution in [1.82, 2.24) is 20.4 Å². The smallest absolute Gasteiger partial charge is 0.191 e. The van der Waals surface area contributed by atoms with Crippen LogP contribution in [0.3, 0.4) is 0 Å². The Morgan fingerprint density at radius 1 is 1.30 bits per heavy atom. The molecule has 27 heavy (non-hydrogen) atoms. The van der Waals surface area contributed by atoms with E-state index in [0.717, 1.165) is 76.1 Å². The van der Waals surface area contributed by atoms with Crippen LogP contribution >= 0.6 is 35.7 Å². The summed E-state index contributed by atoms with van der Waals surface area (Å²) in [7, 11) is 0. The molecule has 156 valence electrons. The minimum Gasteiger partial charge on any atom is -0.381 e. The van der Waals surface area contributed by atoms with Gasteiger partial charge in [-0.2, -0.15) is 16.9 Å². The van der Waals surface area contributed by atoms with Crippen molar-refractivity contribution in [2.24, 2.45) is 4.99 Å². The van der Waals surface area contributed by atoms with Crippen LogP contribution in [-0.4, -0.2) is 59.1 Å². The Morgan fingerprint density at radius 2 is 2.04 bits per heavy atom. The van der Waals surface area contributed by atoms with Gasteiger partial charge in [-0.05, 0) is 51.9 Å². The third kappa shape index (κ3) is 8.19. The third-order valence-electron chi connectivity index (χ3n) is 4.67. The minimum atomic E-state index is 0. The van der Waals surface area contributed by atoms with Crippen LogP contribution in [0.25, 0.3) is 0 Å². The summed E-state index contributed by atoms with van der Waals surface area (Å²) in [5.74, 6) is 2.05. The molecule has 0 bridgehead atoms. The number of guanidine groups is 1. The van der Waals surface area contributed by atoms with Crippen molar-refractivity contribution in [3.05, 3.63) is 17.5 Å². The van der Waals surface area contributed by atoms with Crippen molar-refractivity contribution in [2.45, 2.75) is 58.2 Å². The molecule has 0 radical (unpaired) electrons. The summed E-state index contributed by atoms with van der Waals surface area (Å²) in [5.41, 5.74) is 2.31. The number of rotatable bonds is 9. The largest absolute Gasteiger partial charge is 0.381 e. The Kier molecular flexibility index (Phi) is 11.7. The predicted molar refractivity (Wildman–Crippen MR) is 127 cm³/mol. The highest BCUT2D eigenvalue weighted by Gasteiger charge is 2.32. The molecule has 8 heteroatoms. The number of nitrogens with one attached hydrogen (secondary N) is 2. The molecule has 1 fully saturated rings. The van der Waals surface area contributed by atoms with E-state index in [4.69, 9.17) is 9.73 Å². The molecule has 0 spiro atoms. The van der Waals surface area contributed by atoms with Gasteiger partial charge in [-0.25, -0.2) is 0 Å². The molecule has 6 nitrogen and oxygen atoms in total. The van der Waals surface area contributed by atoms with Gasteiger partial charge in [0, 0.05) is 43.3 Å². The first-order valence-electron chi connectivity index (χ1n) is 9.83. The first-order valence-corrected chi connectivity index (χ1v) is 10.8. The topological polar surface area (TPSA) is 63.5 Å². The summed E-state index contributed by atoms with van der Waals surface area (Å²) in [4.78, 5) is 4.89. The number of aliphatic imine (C=N–C) groups is 1. The molecule has 1 saturated heterocycles. The summed E-state index contributed by atoms with van der Waals surface area (Å²) >= 11 is 2.04. The number of aryl methyl sites for hydroxylation is 3. The van der Waals surface area contributed by atoms with Crippen LogP contribution in [0.5, 0.6) is 0 Å². The van der Waals surface area contributed by atoms with Gasteiger partial charge in [0.05, 0.1) is 12.2 Å². The number of ether oxygens (including phenoxy) is 1. The van der Waals surface area contributed by atoms with Crippen molar-refractivity contribution in [3.8, 4) is 0 Å². The molecule has 1 aliphatic heterocycles. The van der Waals surface area contributed by atoms with Crippen molar-refractivity contribution >= 4 is 41.7 Å². The van der Waals surface area contributed by atoms with E-state index < -0.39 is 0 Å². The number of halogens is 1. The van der Waals surface area contributed by atoms with Gasteiger partial charge < -0.3 is 15.4 Å². The molecule has 0 aromatic carbocycles. The van der Waals surface area contributed by atoms with Crippen LogP contribution in [0.4, 0.5) is 0 Å². The number of nitrogens with zero attached hydrogens (tertiary/aromatic N) is 3. The van der Waals surface area contributed by atoms with Gasteiger partial charge in [0.1, 0.15) is 0 Å². The standard InChI is InChI=1S/C19H35N5OS.HI/c1-5-20-18(21-10-7-11-24-17(4)14-16(3)23-24)22-15-19(26-6-2)8-12-25-13-9-19;/h14H,5-13,15H2,1-4H3,(H2,20,21,22);1H. The molecule has 2 heterocycles. The van der Waals surface area contributed by atoms with E-state index >= 15 is 0 Å². The van der Waals surface area contributed by atoms with E-state index in [1.54, 1.807) is 0 Å². The number of hydrogen-bond donors (Lipinski definition) is 2. The highest BCUT2D eigenvalue weighted by atomic mass is 127. The van der Waals surface area contributed by atoms with Crippen LogP contribution in [0.15, 0.2) is 11.1 Å². The summed E-state index contributed by atoms with van der Waals surface area (Å²) in [5, 5.41) is 11.4. The second kappa shape index (κ2) is 12.9. The van der Waals surface area contributed by atoms with Crippen LogP contribution in [0, 0.1) is 13.8 Å². The van der Waals surface area contributed by atoms with Crippen LogP contribution in [0.2, 0.25) is 0 Å². The molecule has 0 unspecified atom stereocenters. The first kappa shape index (κ1) is 24.6. The van der Waals surface area contributed by atoms with E-state index in [1.807, 2.05) is 18.7 Å². The fourth-order valence-electron chi connectivity index (χ4n) is 3.30. The fourth-order valence-corrected chi connectivity index (χ4v) is 4.52. The Morgan fingerprint density at radius 3 is 2.63 bits per heavy atom. The maximum Gasteiger partial charge on any atom is 0.191 e. The van der Waals surface area contributed by atoms with Gasteiger partial charge in [0.2, 0.25) is 0 Å². The first-order chi connectivity index (χ1) is 12.6. The Labute approximate surface area is 185 Å². The summed E-state index contributed by atoms with van der Waals surface area (Å²) in [6.45, 7) is 13.7. The SMILES string of the molecule is CCNC(=NCC1(SCC)CCOCC1)NCCCn1nc(C)cc1C.I. The lowest BCUT2D eigenvalue weighted by Crippen LogP contribution is -2.41. The molecule has 0 atom stereocenters. The molecule has 0 amide bonds. The quantitative estimate of drug-likeness (QED) is 0.231. The van der Waals surface area contributed by atoms with Crippen LogP contribution in [-0.2, 0) is 11.3 Å². The van der Waals surface area contributed by atoms with E-state index in [2.05, 4.69) is 47.3 Å². The molecule has 0 saturated carbocycles. The zero-order valence-corrected chi connectivity index (χ0v) is 20.4. The lowest BCUT2D eigenvalue weighted by atomic mass is 9.99. The predicted octanol–water partition coefficient (Wildman–Crippen LogP) is 3.37. The van der Waals surface area contributed by atoms with Crippen molar-refractivity contribution in [3.63, 3.8) is 0 Å². The van der Waals surface area contributed by atoms with Gasteiger partial charge in [-0.15, -0.1) is 24.0 Å². The number of thioether (sulfide) groups is 1. The Bertz CT molecular complexity index is 567. The van der Waals surface area contributed by atoms with Gasteiger partial charge in [0.25, 0.3) is 0 Å². The Hall–Kier alpha value is -0.480. The van der Waals surface area contributed by atoms with Gasteiger partial charge >= 0.3 is 0 Å². The van der Waals surface area contributed by atoms with Gasteiger partial charge in [-0.3, -0.25) is 9.67 Å². The molecular formula is C19H36IN5OS. The monoisotopic (exact) mass is 509 g/mol. The second-order valence-corrected chi connectivity index (χ2v) is 8.59. The maximum atomic E-state index is 5.56. The van der Waals surface area contributed by atoms with E-state index in [9.17, 15) is 0 Å². The van der Waals surface area contributed by atoms with Crippen molar-refractivity contribution < 1.29 is 4.74 Å². The van der Waals surface area contributed by atoms with Crippen LogP contribution < -0.4 is 10.6 Å². The lowest BCUT2D eigenvalue weighted by Gasteiger charge is -2.35. The summed E-state index contributed by atoms with van der Waals surface area (Å²) in [6.07, 6.45) is 3.20. The highest BCUT2D eigenvalue weighted by molar-refractivity contribution is 14.0. The molecule has 2 rings (SSSR count). The molecule has 1 aromatic rings. The zero-order valence-electron chi connectivity index (χ0n) is 17.2. The fraction of sp³-hybridized carbons (Fsp3) is 0.789. The van der Waals surface area contributed by atoms with Crippen molar-refractivity contribution in [1.29, 1.82) is 0 Å². The lowest BCUT2D eigenvalue weighted by molar-refractivity contribution is 0.0793. The van der Waals surface area contributed by atoms with E-state index in [-0.39, 0.29) is 28.7 Å². The maximum absolute atomic E-state index is 5.56. The van der Waals surface area contributed by atoms with Crippen molar-refractivity contribution in [2.75, 3.05) is 38.6 Å². The van der Waals surface area contributed by atoms with Crippen LogP contribution in [0.1, 0.15) is 44.5 Å². The van der Waals surface area contributed by atoms with E-state index in [1.165, 1.54) is 5.69 Å². The van der Waals surface area contributed by atoms with Gasteiger partial charge in [0.15, 0.2) is 5.96 Å². The zero-order chi connectivity index (χ0) is 18.8.